The Hall–Kier alpha value is -4.01. The predicted molar refractivity (Wildman–Crippen MR) is 112 cm³/mol. The molecule has 1 fully saturated rings. The Morgan fingerprint density at radius 1 is 1.23 bits per heavy atom. The fourth-order valence-electron chi connectivity index (χ4n) is 3.55. The Morgan fingerprint density at radius 2 is 1.97 bits per heavy atom. The maximum absolute atomic E-state index is 13.3. The van der Waals surface area contributed by atoms with Crippen LogP contribution in [0.1, 0.15) is 34.5 Å². The van der Waals surface area contributed by atoms with E-state index >= 15 is 0 Å². The molecule has 1 aromatic heterocycles. The Balaban J connectivity index is 1.57. The normalized spacial score (nSPS) is 17.0. The largest absolute Gasteiger partial charge is 0.399 e. The van der Waals surface area contributed by atoms with Gasteiger partial charge in [0, 0.05) is 12.0 Å². The van der Waals surface area contributed by atoms with E-state index < -0.39 is 6.04 Å². The molecule has 1 aliphatic rings. The van der Waals surface area contributed by atoms with Crippen LogP contribution in [0.2, 0.25) is 0 Å². The van der Waals surface area contributed by atoms with E-state index in [1.165, 1.54) is 7.11 Å². The zero-order valence-corrected chi connectivity index (χ0v) is 16.9. The van der Waals surface area contributed by atoms with Gasteiger partial charge in [-0.1, -0.05) is 52.8 Å². The number of nitrogens with one attached hydrogen (secondary N) is 1. The SMILES string of the molecule is CO/N=C1\C[C@@H](c2noc(CNC=O)n2)N(C(=O)c2ccc(-c3ccccc3)cc2)C1. The Kier molecular flexibility index (Phi) is 6.02. The molecule has 0 bridgehead atoms. The maximum atomic E-state index is 13.3. The van der Waals surface area contributed by atoms with E-state index in [4.69, 9.17) is 9.36 Å². The minimum absolute atomic E-state index is 0.122. The van der Waals surface area contributed by atoms with E-state index in [1.807, 2.05) is 54.6 Å². The minimum atomic E-state index is -0.441. The molecule has 9 nitrogen and oxygen atoms in total. The molecule has 0 unspecified atom stereocenters. The highest BCUT2D eigenvalue weighted by molar-refractivity contribution is 6.00. The summed E-state index contributed by atoms with van der Waals surface area (Å²) in [5, 5.41) is 10.5. The van der Waals surface area contributed by atoms with Crippen LogP contribution in [-0.2, 0) is 16.2 Å². The van der Waals surface area contributed by atoms with Crippen molar-refractivity contribution in [3.8, 4) is 11.1 Å². The molecule has 1 saturated heterocycles. The first-order valence-electron chi connectivity index (χ1n) is 9.74. The van der Waals surface area contributed by atoms with Crippen LogP contribution >= 0.6 is 0 Å². The monoisotopic (exact) mass is 419 g/mol. The van der Waals surface area contributed by atoms with Crippen LogP contribution in [0, 0.1) is 0 Å². The summed E-state index contributed by atoms with van der Waals surface area (Å²) in [6.45, 7) is 0.422. The maximum Gasteiger partial charge on any atom is 0.254 e. The number of hydrogen-bond acceptors (Lipinski definition) is 7. The van der Waals surface area contributed by atoms with E-state index in [9.17, 15) is 9.59 Å². The van der Waals surface area contributed by atoms with Gasteiger partial charge in [0.15, 0.2) is 5.82 Å². The van der Waals surface area contributed by atoms with E-state index in [2.05, 4.69) is 20.6 Å². The second-order valence-corrected chi connectivity index (χ2v) is 6.98. The Morgan fingerprint density at radius 3 is 2.68 bits per heavy atom. The Bertz CT molecular complexity index is 1080. The highest BCUT2D eigenvalue weighted by Gasteiger charge is 2.37. The first-order chi connectivity index (χ1) is 15.2. The van der Waals surface area contributed by atoms with Gasteiger partial charge in [0.2, 0.25) is 12.3 Å². The van der Waals surface area contributed by atoms with Crippen LogP contribution in [0.3, 0.4) is 0 Å². The molecule has 4 rings (SSSR count). The first-order valence-corrected chi connectivity index (χ1v) is 9.74. The second kappa shape index (κ2) is 9.21. The average Bonchev–Trinajstić information content (AvgIpc) is 3.45. The minimum Gasteiger partial charge on any atom is -0.399 e. The van der Waals surface area contributed by atoms with Crippen molar-refractivity contribution in [1.29, 1.82) is 0 Å². The first kappa shape index (κ1) is 20.3. The molecule has 1 aliphatic heterocycles. The number of nitrogens with zero attached hydrogens (tertiary/aromatic N) is 4. The van der Waals surface area contributed by atoms with Crippen molar-refractivity contribution in [1.82, 2.24) is 20.4 Å². The third-order valence-electron chi connectivity index (χ3n) is 5.00. The molecule has 0 spiro atoms. The van der Waals surface area contributed by atoms with Gasteiger partial charge < -0.3 is 19.6 Å². The van der Waals surface area contributed by atoms with Crippen LogP contribution in [0.5, 0.6) is 0 Å². The van der Waals surface area contributed by atoms with Crippen molar-refractivity contribution < 1.29 is 18.9 Å². The van der Waals surface area contributed by atoms with Crippen LogP contribution < -0.4 is 5.32 Å². The topological polar surface area (TPSA) is 110 Å². The zero-order chi connectivity index (χ0) is 21.6. The van der Waals surface area contributed by atoms with E-state index in [-0.39, 0.29) is 18.3 Å². The molecule has 0 saturated carbocycles. The summed E-state index contributed by atoms with van der Waals surface area (Å²) in [5.41, 5.74) is 3.37. The summed E-state index contributed by atoms with van der Waals surface area (Å²) in [6, 6.07) is 17.0. The number of oxime groups is 1. The third-order valence-corrected chi connectivity index (χ3v) is 5.00. The second-order valence-electron chi connectivity index (χ2n) is 6.98. The van der Waals surface area contributed by atoms with Crippen LogP contribution in [0.4, 0.5) is 0 Å². The number of carbonyl (C=O) groups is 2. The Labute approximate surface area is 178 Å². The van der Waals surface area contributed by atoms with E-state index in [0.29, 0.717) is 36.5 Å². The van der Waals surface area contributed by atoms with E-state index in [1.54, 1.807) is 4.90 Å². The number of amides is 2. The number of likely N-dealkylation sites (tertiary alicyclic amines) is 1. The molecule has 3 aromatic rings. The van der Waals surface area contributed by atoms with Gasteiger partial charge in [-0.2, -0.15) is 4.98 Å². The van der Waals surface area contributed by atoms with Crippen LogP contribution in [0.25, 0.3) is 11.1 Å². The lowest BCUT2D eigenvalue weighted by Gasteiger charge is -2.21. The molecular weight excluding hydrogens is 398 g/mol. The third kappa shape index (κ3) is 4.45. The highest BCUT2D eigenvalue weighted by Crippen LogP contribution is 2.31. The molecule has 31 heavy (non-hydrogen) atoms. The molecule has 2 amide bonds. The van der Waals surface area contributed by atoms with Crippen molar-refractivity contribution in [3.05, 3.63) is 71.9 Å². The van der Waals surface area contributed by atoms with Gasteiger partial charge in [-0.15, -0.1) is 0 Å². The summed E-state index contributed by atoms with van der Waals surface area (Å²) >= 11 is 0. The van der Waals surface area contributed by atoms with Gasteiger partial charge in [-0.25, -0.2) is 0 Å². The van der Waals surface area contributed by atoms with Gasteiger partial charge >= 0.3 is 0 Å². The zero-order valence-electron chi connectivity index (χ0n) is 16.9. The number of rotatable bonds is 7. The smallest absolute Gasteiger partial charge is 0.254 e. The van der Waals surface area contributed by atoms with Gasteiger partial charge in [-0.05, 0) is 23.3 Å². The van der Waals surface area contributed by atoms with Crippen molar-refractivity contribution in [2.24, 2.45) is 5.16 Å². The van der Waals surface area contributed by atoms with E-state index in [0.717, 1.165) is 11.1 Å². The number of carbonyl (C=O) groups excluding carboxylic acids is 2. The molecule has 2 aromatic carbocycles. The number of benzene rings is 2. The fourth-order valence-corrected chi connectivity index (χ4v) is 3.55. The molecule has 0 aliphatic carbocycles. The van der Waals surface area contributed by atoms with Gasteiger partial charge in [0.05, 0.1) is 18.8 Å². The lowest BCUT2D eigenvalue weighted by Crippen LogP contribution is -2.31. The van der Waals surface area contributed by atoms with Crippen LogP contribution in [0.15, 0.2) is 64.3 Å². The van der Waals surface area contributed by atoms with Crippen molar-refractivity contribution in [2.75, 3.05) is 13.7 Å². The number of hydrogen-bond donors (Lipinski definition) is 1. The summed E-state index contributed by atoms with van der Waals surface area (Å²) in [5.74, 6) is 0.459. The van der Waals surface area contributed by atoms with Crippen molar-refractivity contribution in [3.63, 3.8) is 0 Å². The molecule has 1 N–H and O–H groups in total. The molecule has 1 atom stereocenters. The number of aromatic nitrogens is 2. The van der Waals surface area contributed by atoms with Gasteiger partial charge in [-0.3, -0.25) is 9.59 Å². The molecule has 0 radical (unpaired) electrons. The highest BCUT2D eigenvalue weighted by atomic mass is 16.6. The molecule has 158 valence electrons. The average molecular weight is 419 g/mol. The summed E-state index contributed by atoms with van der Waals surface area (Å²) < 4.78 is 5.18. The van der Waals surface area contributed by atoms with Crippen molar-refractivity contribution >= 4 is 18.0 Å². The van der Waals surface area contributed by atoms with Crippen LogP contribution in [-0.4, -0.2) is 46.7 Å². The molecule has 9 heteroatoms. The molecule has 2 heterocycles. The molecular formula is C22H21N5O4. The standard InChI is InChI=1S/C22H21N5O4/c1-30-25-18-11-19(21-24-20(31-26-21)12-23-14-28)27(13-18)22(29)17-9-7-16(8-10-17)15-5-3-2-4-6-15/h2-10,14,19H,11-13H2,1H3,(H,23,28)/b25-18+/t19-/m0/s1. The lowest BCUT2D eigenvalue weighted by molar-refractivity contribution is -0.109. The fraction of sp³-hybridized carbons (Fsp3) is 0.227. The quantitative estimate of drug-likeness (QED) is 0.466. The lowest BCUT2D eigenvalue weighted by atomic mass is 10.0. The van der Waals surface area contributed by atoms with Gasteiger partial charge in [0.1, 0.15) is 13.2 Å². The van der Waals surface area contributed by atoms with Gasteiger partial charge in [0.25, 0.3) is 5.91 Å². The summed E-state index contributed by atoms with van der Waals surface area (Å²) in [6.07, 6.45) is 0.986. The summed E-state index contributed by atoms with van der Waals surface area (Å²) in [4.78, 5) is 34.6. The predicted octanol–water partition coefficient (Wildman–Crippen LogP) is 2.57. The summed E-state index contributed by atoms with van der Waals surface area (Å²) in [7, 11) is 1.46. The van der Waals surface area contributed by atoms with Crippen molar-refractivity contribution in [2.45, 2.75) is 19.0 Å².